The number of ketones is 2. The number of Topliss-reactive ketones (excluding diaryl/α,β-unsaturated/α-hetero) is 2. The summed E-state index contributed by atoms with van der Waals surface area (Å²) in [6.45, 7) is 6.62. The SMILES string of the molecule is CC(=O)c1c(C)[nH]c(C(=O)CSc2[nH]c(=O)cc(C)c2C#N)c1C. The number of pyridine rings is 1. The van der Waals surface area contributed by atoms with E-state index in [4.69, 9.17) is 0 Å². The van der Waals surface area contributed by atoms with Gasteiger partial charge < -0.3 is 9.97 Å². The lowest BCUT2D eigenvalue weighted by atomic mass is 10.1. The highest BCUT2D eigenvalue weighted by Crippen LogP contribution is 2.24. The van der Waals surface area contributed by atoms with Crippen molar-refractivity contribution < 1.29 is 9.59 Å². The maximum atomic E-state index is 12.5. The first-order valence-electron chi connectivity index (χ1n) is 7.26. The molecule has 0 atom stereocenters. The van der Waals surface area contributed by atoms with Crippen LogP contribution in [0.4, 0.5) is 0 Å². The molecule has 2 N–H and O–H groups in total. The van der Waals surface area contributed by atoms with Gasteiger partial charge in [0.05, 0.1) is 22.0 Å². The topological polar surface area (TPSA) is 107 Å². The molecular formula is C17H17N3O3S. The van der Waals surface area contributed by atoms with Crippen LogP contribution in [-0.2, 0) is 0 Å². The molecule has 2 rings (SSSR count). The molecule has 2 heterocycles. The van der Waals surface area contributed by atoms with E-state index in [0.29, 0.717) is 38.7 Å². The molecule has 0 bridgehead atoms. The molecule has 0 radical (unpaired) electrons. The summed E-state index contributed by atoms with van der Waals surface area (Å²) in [5, 5.41) is 9.58. The summed E-state index contributed by atoms with van der Waals surface area (Å²) >= 11 is 1.10. The number of nitrogens with zero attached hydrogens (tertiary/aromatic N) is 1. The van der Waals surface area contributed by atoms with Crippen LogP contribution in [0.2, 0.25) is 0 Å². The predicted molar refractivity (Wildman–Crippen MR) is 91.8 cm³/mol. The second-order valence-electron chi connectivity index (χ2n) is 5.53. The molecule has 0 saturated heterocycles. The molecule has 6 nitrogen and oxygen atoms in total. The van der Waals surface area contributed by atoms with Gasteiger partial charge in [0.25, 0.3) is 0 Å². The van der Waals surface area contributed by atoms with Crippen molar-refractivity contribution in [1.82, 2.24) is 9.97 Å². The molecule has 0 aliphatic rings. The van der Waals surface area contributed by atoms with E-state index >= 15 is 0 Å². The number of hydrogen-bond donors (Lipinski definition) is 2. The Kier molecular flexibility index (Phi) is 5.10. The first kappa shape index (κ1) is 17.8. The number of H-pyrrole nitrogens is 2. The monoisotopic (exact) mass is 343 g/mol. The summed E-state index contributed by atoms with van der Waals surface area (Å²) in [6, 6.07) is 3.39. The Morgan fingerprint density at radius 1 is 1.25 bits per heavy atom. The number of nitrogens with one attached hydrogen (secondary N) is 2. The molecule has 2 aromatic rings. The summed E-state index contributed by atoms with van der Waals surface area (Å²) in [5.41, 5.74) is 2.83. The number of rotatable bonds is 5. The third-order valence-electron chi connectivity index (χ3n) is 3.73. The van der Waals surface area contributed by atoms with E-state index in [1.807, 2.05) is 6.07 Å². The minimum absolute atomic E-state index is 0.0478. The van der Waals surface area contributed by atoms with Crippen LogP contribution in [0.25, 0.3) is 0 Å². The van der Waals surface area contributed by atoms with Gasteiger partial charge in [-0.1, -0.05) is 11.8 Å². The number of hydrogen-bond acceptors (Lipinski definition) is 5. The van der Waals surface area contributed by atoms with Crippen LogP contribution in [0, 0.1) is 32.1 Å². The molecular weight excluding hydrogens is 326 g/mol. The van der Waals surface area contributed by atoms with Gasteiger partial charge in [-0.25, -0.2) is 0 Å². The fraction of sp³-hybridized carbons (Fsp3) is 0.294. The van der Waals surface area contributed by atoms with Gasteiger partial charge in [0.1, 0.15) is 6.07 Å². The van der Waals surface area contributed by atoms with E-state index < -0.39 is 0 Å². The minimum atomic E-state index is -0.313. The Balaban J connectivity index is 2.27. The molecule has 0 saturated carbocycles. The lowest BCUT2D eigenvalue weighted by Gasteiger charge is -2.05. The zero-order chi connectivity index (χ0) is 18.0. The average molecular weight is 343 g/mol. The van der Waals surface area contributed by atoms with Gasteiger partial charge in [0, 0.05) is 17.3 Å². The normalized spacial score (nSPS) is 10.5. The van der Waals surface area contributed by atoms with Crippen LogP contribution >= 0.6 is 11.8 Å². The van der Waals surface area contributed by atoms with Gasteiger partial charge in [0.15, 0.2) is 11.6 Å². The Hall–Kier alpha value is -2.59. The van der Waals surface area contributed by atoms with Gasteiger partial charge in [-0.05, 0) is 38.8 Å². The number of aromatic amines is 2. The Bertz CT molecular complexity index is 932. The van der Waals surface area contributed by atoms with Crippen LogP contribution in [0.1, 0.15) is 50.2 Å². The maximum Gasteiger partial charge on any atom is 0.249 e. The van der Waals surface area contributed by atoms with Crippen LogP contribution in [0.3, 0.4) is 0 Å². The molecule has 0 spiro atoms. The summed E-state index contributed by atoms with van der Waals surface area (Å²) in [5.74, 6) is -0.242. The number of thioether (sulfide) groups is 1. The van der Waals surface area contributed by atoms with Gasteiger partial charge in [-0.15, -0.1) is 0 Å². The quantitative estimate of drug-likeness (QED) is 0.641. The minimum Gasteiger partial charge on any atom is -0.355 e. The van der Waals surface area contributed by atoms with Crippen molar-refractivity contribution >= 4 is 23.3 Å². The Morgan fingerprint density at radius 3 is 2.46 bits per heavy atom. The number of carbonyl (C=O) groups is 2. The fourth-order valence-electron chi connectivity index (χ4n) is 2.67. The first-order chi connectivity index (χ1) is 11.3. The summed E-state index contributed by atoms with van der Waals surface area (Å²) < 4.78 is 0. The molecule has 0 unspecified atom stereocenters. The van der Waals surface area contributed by atoms with E-state index in [9.17, 15) is 19.6 Å². The standard InChI is InChI=1S/C17H17N3O3S/c1-8-5-14(23)20-17(12(8)6-18)24-7-13(22)16-9(2)15(11(4)21)10(3)19-16/h5,19H,7H2,1-4H3,(H,20,23). The summed E-state index contributed by atoms with van der Waals surface area (Å²) in [6.07, 6.45) is 0. The third-order valence-corrected chi connectivity index (χ3v) is 4.73. The smallest absolute Gasteiger partial charge is 0.249 e. The van der Waals surface area contributed by atoms with Crippen LogP contribution in [0.15, 0.2) is 15.9 Å². The highest BCUT2D eigenvalue weighted by molar-refractivity contribution is 8.00. The van der Waals surface area contributed by atoms with E-state index in [1.54, 1.807) is 20.8 Å². The number of aromatic nitrogens is 2. The molecule has 0 fully saturated rings. The largest absolute Gasteiger partial charge is 0.355 e. The van der Waals surface area contributed by atoms with Crippen molar-refractivity contribution in [2.24, 2.45) is 0 Å². The predicted octanol–water partition coefficient (Wildman–Crippen LogP) is 2.68. The van der Waals surface area contributed by atoms with Crippen molar-refractivity contribution in [2.75, 3.05) is 5.75 Å². The summed E-state index contributed by atoms with van der Waals surface area (Å²) in [4.78, 5) is 41.2. The van der Waals surface area contributed by atoms with Crippen molar-refractivity contribution in [3.05, 3.63) is 50.1 Å². The van der Waals surface area contributed by atoms with E-state index in [0.717, 1.165) is 11.8 Å². The highest BCUT2D eigenvalue weighted by Gasteiger charge is 2.20. The second kappa shape index (κ2) is 6.89. The van der Waals surface area contributed by atoms with E-state index in [2.05, 4.69) is 9.97 Å². The van der Waals surface area contributed by atoms with Gasteiger partial charge >= 0.3 is 0 Å². The Labute approximate surface area is 143 Å². The van der Waals surface area contributed by atoms with E-state index in [-0.39, 0.29) is 22.9 Å². The lowest BCUT2D eigenvalue weighted by Crippen LogP contribution is -2.11. The van der Waals surface area contributed by atoms with Crippen LogP contribution in [0.5, 0.6) is 0 Å². The van der Waals surface area contributed by atoms with Gasteiger partial charge in [-0.3, -0.25) is 14.4 Å². The molecule has 0 amide bonds. The number of carbonyl (C=O) groups excluding carboxylic acids is 2. The molecule has 7 heteroatoms. The average Bonchev–Trinajstić information content (AvgIpc) is 2.79. The van der Waals surface area contributed by atoms with Crippen LogP contribution in [-0.4, -0.2) is 27.3 Å². The summed E-state index contributed by atoms with van der Waals surface area (Å²) in [7, 11) is 0. The van der Waals surface area contributed by atoms with Crippen molar-refractivity contribution in [1.29, 1.82) is 5.26 Å². The zero-order valence-electron chi connectivity index (χ0n) is 13.9. The van der Waals surface area contributed by atoms with E-state index in [1.165, 1.54) is 13.0 Å². The van der Waals surface area contributed by atoms with Gasteiger partial charge in [0.2, 0.25) is 5.56 Å². The lowest BCUT2D eigenvalue weighted by molar-refractivity contribution is 0.101. The van der Waals surface area contributed by atoms with Gasteiger partial charge in [-0.2, -0.15) is 5.26 Å². The third kappa shape index (κ3) is 3.34. The molecule has 24 heavy (non-hydrogen) atoms. The highest BCUT2D eigenvalue weighted by atomic mass is 32.2. The van der Waals surface area contributed by atoms with Crippen molar-refractivity contribution in [3.63, 3.8) is 0 Å². The fourth-order valence-corrected chi connectivity index (χ4v) is 3.62. The molecule has 0 aromatic carbocycles. The second-order valence-corrected chi connectivity index (χ2v) is 6.51. The number of aryl methyl sites for hydroxylation is 2. The molecule has 0 aliphatic heterocycles. The van der Waals surface area contributed by atoms with Crippen molar-refractivity contribution in [2.45, 2.75) is 32.7 Å². The Morgan fingerprint density at radius 2 is 1.92 bits per heavy atom. The van der Waals surface area contributed by atoms with Crippen LogP contribution < -0.4 is 5.56 Å². The molecule has 0 aliphatic carbocycles. The molecule has 124 valence electrons. The zero-order valence-corrected chi connectivity index (χ0v) is 14.7. The first-order valence-corrected chi connectivity index (χ1v) is 8.25. The number of nitriles is 1. The molecule has 2 aromatic heterocycles. The maximum absolute atomic E-state index is 12.5. The van der Waals surface area contributed by atoms with Crippen molar-refractivity contribution in [3.8, 4) is 6.07 Å².